The van der Waals surface area contributed by atoms with E-state index in [0.717, 1.165) is 16.5 Å². The fraction of sp³-hybridized carbons (Fsp3) is 0.167. The SMILES string of the molecule is CCC(=O)Nc1ccc2cnc#cc2c1.[HH]. The Morgan fingerprint density at radius 2 is 2.47 bits per heavy atom. The summed E-state index contributed by atoms with van der Waals surface area (Å²) in [5, 5.41) is 4.68. The van der Waals surface area contributed by atoms with Crippen LogP contribution in [0.1, 0.15) is 14.8 Å². The average molecular weight is 200 g/mol. The molecule has 0 spiro atoms. The van der Waals surface area contributed by atoms with Gasteiger partial charge in [0.05, 0.1) is 0 Å². The van der Waals surface area contributed by atoms with Crippen molar-refractivity contribution in [3.05, 3.63) is 36.7 Å². The Morgan fingerprint density at radius 3 is 3.27 bits per heavy atom. The standard InChI is InChI=1S/C12H10N2O.H2/c1-2-12(15)14-11-4-3-10-8-13-6-5-9(10)7-11;/h3-4,7-8H,2H2,1H3,(H,14,15);1H. The van der Waals surface area contributed by atoms with Gasteiger partial charge in [-0.1, -0.05) is 13.0 Å². The van der Waals surface area contributed by atoms with Gasteiger partial charge >= 0.3 is 0 Å². The van der Waals surface area contributed by atoms with Gasteiger partial charge in [0, 0.05) is 36.7 Å². The number of anilines is 1. The monoisotopic (exact) mass is 200 g/mol. The van der Waals surface area contributed by atoms with E-state index in [1.165, 1.54) is 0 Å². The molecule has 1 N–H and O–H groups in total. The molecule has 0 saturated carbocycles. The first-order valence-electron chi connectivity index (χ1n) is 4.77. The van der Waals surface area contributed by atoms with Crippen LogP contribution in [-0.2, 0) is 4.79 Å². The number of nitrogens with one attached hydrogen (secondary N) is 1. The van der Waals surface area contributed by atoms with Crippen LogP contribution >= 0.6 is 0 Å². The van der Waals surface area contributed by atoms with Crippen molar-refractivity contribution in [1.82, 2.24) is 4.98 Å². The number of carbonyl (C=O) groups excluding carboxylic acids is 1. The maximum atomic E-state index is 11.2. The summed E-state index contributed by atoms with van der Waals surface area (Å²) in [5.41, 5.74) is 0.783. The Kier molecular flexibility index (Phi) is 2.51. The van der Waals surface area contributed by atoms with Crippen molar-refractivity contribution < 1.29 is 6.22 Å². The first-order chi connectivity index (χ1) is 7.29. The number of hydrogen-bond acceptors (Lipinski definition) is 2. The maximum Gasteiger partial charge on any atom is 0.224 e. The number of aromatic nitrogens is 1. The van der Waals surface area contributed by atoms with Crippen LogP contribution < -0.4 is 5.32 Å². The van der Waals surface area contributed by atoms with Crippen molar-refractivity contribution in [3.63, 3.8) is 0 Å². The number of rotatable bonds is 2. The van der Waals surface area contributed by atoms with Crippen LogP contribution in [0.5, 0.6) is 0 Å². The molecule has 0 fully saturated rings. The molecular formula is C12H12N2O. The van der Waals surface area contributed by atoms with E-state index < -0.39 is 0 Å². The minimum Gasteiger partial charge on any atom is -0.326 e. The number of nitrogens with zero attached hydrogens (tertiary/aromatic N) is 1. The van der Waals surface area contributed by atoms with E-state index in [2.05, 4.69) is 22.6 Å². The van der Waals surface area contributed by atoms with Crippen LogP contribution in [0.15, 0.2) is 24.4 Å². The smallest absolute Gasteiger partial charge is 0.224 e. The fourth-order valence-electron chi connectivity index (χ4n) is 1.30. The molecule has 1 aromatic carbocycles. The van der Waals surface area contributed by atoms with Crippen LogP contribution in [0.25, 0.3) is 10.8 Å². The van der Waals surface area contributed by atoms with Crippen molar-refractivity contribution >= 4 is 22.4 Å². The van der Waals surface area contributed by atoms with Gasteiger partial charge in [0.2, 0.25) is 5.91 Å². The Balaban J connectivity index is 0.00000128. The highest BCUT2D eigenvalue weighted by Gasteiger charge is 1.99. The molecule has 0 aliphatic carbocycles. The molecule has 0 radical (unpaired) electrons. The fourth-order valence-corrected chi connectivity index (χ4v) is 1.30. The van der Waals surface area contributed by atoms with Crippen molar-refractivity contribution in [2.45, 2.75) is 13.3 Å². The first kappa shape index (κ1) is 9.47. The zero-order chi connectivity index (χ0) is 10.7. The lowest BCUT2D eigenvalue weighted by Gasteiger charge is -2.03. The number of hydrogen-bond donors (Lipinski definition) is 1. The highest BCUT2D eigenvalue weighted by Crippen LogP contribution is 2.16. The molecule has 0 atom stereocenters. The van der Waals surface area contributed by atoms with Gasteiger partial charge in [0.25, 0.3) is 0 Å². The zero-order valence-corrected chi connectivity index (χ0v) is 8.37. The van der Waals surface area contributed by atoms with E-state index in [-0.39, 0.29) is 7.33 Å². The molecule has 15 heavy (non-hydrogen) atoms. The Morgan fingerprint density at radius 1 is 1.60 bits per heavy atom. The highest BCUT2D eigenvalue weighted by atomic mass is 16.1. The van der Waals surface area contributed by atoms with Gasteiger partial charge in [0.15, 0.2) is 0 Å². The van der Waals surface area contributed by atoms with E-state index in [1.54, 1.807) is 6.20 Å². The number of amides is 1. The van der Waals surface area contributed by atoms with E-state index in [1.807, 2.05) is 25.1 Å². The van der Waals surface area contributed by atoms with E-state index in [9.17, 15) is 4.79 Å². The van der Waals surface area contributed by atoms with Crippen LogP contribution in [0.2, 0.25) is 0 Å². The maximum absolute atomic E-state index is 11.2. The third-order valence-corrected chi connectivity index (χ3v) is 2.12. The van der Waals surface area contributed by atoms with Crippen LogP contribution in [0.3, 0.4) is 0 Å². The summed E-state index contributed by atoms with van der Waals surface area (Å²) in [7, 11) is 0. The Hall–Kier alpha value is -2.08. The van der Waals surface area contributed by atoms with Crippen molar-refractivity contribution in [2.75, 3.05) is 5.32 Å². The Labute approximate surface area is 89.6 Å². The molecular weight excluding hydrogens is 188 g/mol. The molecule has 1 heterocycles. The summed E-state index contributed by atoms with van der Waals surface area (Å²) in [6.45, 7) is 1.82. The number of benzene rings is 1. The van der Waals surface area contributed by atoms with Gasteiger partial charge in [-0.15, -0.1) is 0 Å². The molecule has 3 nitrogen and oxygen atoms in total. The predicted octanol–water partition coefficient (Wildman–Crippen LogP) is 2.43. The summed E-state index contributed by atoms with van der Waals surface area (Å²) in [6, 6.07) is 8.51. The lowest BCUT2D eigenvalue weighted by molar-refractivity contribution is -0.115. The number of fused-ring (bicyclic) bond motifs is 1. The summed E-state index contributed by atoms with van der Waals surface area (Å²) < 4.78 is 0. The number of carbonyl (C=O) groups is 1. The summed E-state index contributed by atoms with van der Waals surface area (Å²) in [6.07, 6.45) is 4.84. The molecule has 1 aromatic heterocycles. The normalized spacial score (nSPS) is 9.67. The third kappa shape index (κ3) is 2.05. The van der Waals surface area contributed by atoms with Gasteiger partial charge < -0.3 is 5.32 Å². The van der Waals surface area contributed by atoms with Gasteiger partial charge in [-0.2, -0.15) is 0 Å². The first-order valence-corrected chi connectivity index (χ1v) is 4.77. The lowest BCUT2D eigenvalue weighted by Crippen LogP contribution is -2.09. The topological polar surface area (TPSA) is 42.0 Å². The average Bonchev–Trinajstić information content (AvgIpc) is 2.29. The second-order valence-corrected chi connectivity index (χ2v) is 3.20. The van der Waals surface area contributed by atoms with Crippen LogP contribution in [0.4, 0.5) is 5.69 Å². The van der Waals surface area contributed by atoms with E-state index in [0.29, 0.717) is 6.42 Å². The van der Waals surface area contributed by atoms with E-state index >= 15 is 0 Å². The van der Waals surface area contributed by atoms with Gasteiger partial charge in [0.1, 0.15) is 0 Å². The third-order valence-electron chi connectivity index (χ3n) is 2.12. The largest absolute Gasteiger partial charge is 0.326 e. The summed E-state index contributed by atoms with van der Waals surface area (Å²) in [5.74, 6) is 0.00684. The van der Waals surface area contributed by atoms with Crippen molar-refractivity contribution in [2.24, 2.45) is 0 Å². The van der Waals surface area contributed by atoms with Crippen molar-refractivity contribution in [1.29, 1.82) is 0 Å². The predicted molar refractivity (Wildman–Crippen MR) is 60.4 cm³/mol. The molecule has 3 heteroatoms. The Bertz CT molecular complexity index is 499. The summed E-state index contributed by atoms with van der Waals surface area (Å²) >= 11 is 0. The molecule has 1 amide bonds. The zero-order valence-electron chi connectivity index (χ0n) is 8.37. The molecule has 0 aliphatic heterocycles. The van der Waals surface area contributed by atoms with Gasteiger partial charge in [-0.3, -0.25) is 4.79 Å². The second-order valence-electron chi connectivity index (χ2n) is 3.20. The molecule has 0 unspecified atom stereocenters. The van der Waals surface area contributed by atoms with Gasteiger partial charge in [-0.05, 0) is 18.2 Å². The molecule has 0 saturated heterocycles. The highest BCUT2D eigenvalue weighted by molar-refractivity contribution is 5.93. The lowest BCUT2D eigenvalue weighted by atomic mass is 10.2. The molecule has 0 aliphatic rings. The minimum absolute atomic E-state index is 0. The molecule has 0 bridgehead atoms. The quantitative estimate of drug-likeness (QED) is 0.808. The van der Waals surface area contributed by atoms with Crippen LogP contribution in [0, 0.1) is 12.3 Å². The second kappa shape index (κ2) is 3.97. The molecule has 2 rings (SSSR count). The molecule has 2 aromatic rings. The van der Waals surface area contributed by atoms with Crippen molar-refractivity contribution in [3.8, 4) is 0 Å². The van der Waals surface area contributed by atoms with Crippen LogP contribution in [-0.4, -0.2) is 10.9 Å². The molecule has 76 valence electrons. The summed E-state index contributed by atoms with van der Waals surface area (Å²) in [4.78, 5) is 15.0. The van der Waals surface area contributed by atoms with Gasteiger partial charge in [-0.25, -0.2) is 4.98 Å². The van der Waals surface area contributed by atoms with E-state index in [4.69, 9.17) is 0 Å². The minimum atomic E-state index is 0.